The fourth-order valence-corrected chi connectivity index (χ4v) is 4.67. The molecule has 0 bridgehead atoms. The van der Waals surface area contributed by atoms with Gasteiger partial charge in [0.2, 0.25) is 0 Å². The Morgan fingerprint density at radius 1 is 1.50 bits per heavy atom. The first-order chi connectivity index (χ1) is 11.6. The summed E-state index contributed by atoms with van der Waals surface area (Å²) in [5.74, 6) is 0. The normalized spacial score (nSPS) is 24.3. The number of aromatic nitrogens is 2. The van der Waals surface area contributed by atoms with Crippen molar-refractivity contribution in [2.24, 2.45) is 4.99 Å². The molecule has 2 aliphatic rings. The van der Waals surface area contributed by atoms with Gasteiger partial charge in [-0.1, -0.05) is 41.3 Å². The molecule has 0 radical (unpaired) electrons. The number of allylic oxidation sites excluding steroid dienone is 4. The molecule has 124 valence electrons. The molecule has 2 aliphatic carbocycles. The van der Waals surface area contributed by atoms with Crippen LogP contribution >= 0.6 is 45.2 Å². The summed E-state index contributed by atoms with van der Waals surface area (Å²) in [6, 6.07) is 0. The number of aliphatic imine (C=N–C) groups is 1. The predicted octanol–water partition coefficient (Wildman–Crippen LogP) is 4.61. The lowest BCUT2D eigenvalue weighted by Gasteiger charge is -2.24. The molecule has 2 unspecified atom stereocenters. The molecule has 0 saturated heterocycles. The molecule has 1 heterocycles. The lowest BCUT2D eigenvalue weighted by Crippen LogP contribution is -2.24. The molecule has 0 amide bonds. The van der Waals surface area contributed by atoms with E-state index < -0.39 is 6.10 Å². The topological polar surface area (TPSA) is 61.3 Å². The fraction of sp³-hybridized carbons (Fsp3) is 0.222. The van der Waals surface area contributed by atoms with Crippen LogP contribution in [0.15, 0.2) is 56.9 Å². The van der Waals surface area contributed by atoms with Crippen LogP contribution in [0.2, 0.25) is 0 Å². The lowest BCUT2D eigenvalue weighted by molar-refractivity contribution is 0.232. The molecule has 0 saturated carbocycles. The van der Waals surface area contributed by atoms with Crippen molar-refractivity contribution >= 4 is 63.0 Å². The third-order valence-corrected chi connectivity index (χ3v) is 5.95. The molecule has 0 fully saturated rings. The molecule has 0 aliphatic heterocycles. The van der Waals surface area contributed by atoms with Crippen LogP contribution in [-0.2, 0) is 0 Å². The second-order valence-electron chi connectivity index (χ2n) is 5.55. The van der Waals surface area contributed by atoms with Gasteiger partial charge in [0.1, 0.15) is 0 Å². The molecular formula is C18H17I2N3O. The Hall–Kier alpha value is -1.000. The minimum atomic E-state index is -0.428. The summed E-state index contributed by atoms with van der Waals surface area (Å²) in [6.45, 7) is 3.76. The number of aliphatic hydroxyl groups excluding tert-OH is 1. The van der Waals surface area contributed by atoms with E-state index in [0.29, 0.717) is 0 Å². The van der Waals surface area contributed by atoms with E-state index in [-0.39, 0.29) is 3.92 Å². The van der Waals surface area contributed by atoms with Crippen molar-refractivity contribution in [3.8, 4) is 0 Å². The molecular weight excluding hydrogens is 528 g/mol. The Labute approximate surface area is 168 Å². The van der Waals surface area contributed by atoms with E-state index >= 15 is 0 Å². The van der Waals surface area contributed by atoms with Gasteiger partial charge in [-0.2, -0.15) is 5.10 Å². The maximum Gasteiger partial charge on any atom is 0.0999 e. The van der Waals surface area contributed by atoms with Gasteiger partial charge < -0.3 is 5.11 Å². The highest BCUT2D eigenvalue weighted by Crippen LogP contribution is 2.32. The van der Waals surface area contributed by atoms with Crippen molar-refractivity contribution in [3.05, 3.63) is 63.2 Å². The van der Waals surface area contributed by atoms with Crippen molar-refractivity contribution < 1.29 is 5.11 Å². The molecule has 1 aromatic heterocycles. The number of hydrogen-bond donors (Lipinski definition) is 2. The van der Waals surface area contributed by atoms with Crippen LogP contribution < -0.4 is 0 Å². The maximum atomic E-state index is 10.1. The van der Waals surface area contributed by atoms with Gasteiger partial charge in [-0.25, -0.2) is 0 Å². The Morgan fingerprint density at radius 3 is 2.92 bits per heavy atom. The standard InChI is InChI=1S/C18H17I2N3O/c1-2-16-12(10-22-23-16)6-7-21-17(11-4-3-5-11)13-8-14(19)18(24)15(20)9-13/h2,4,6-10,14,18,24H,1,3,5H2,(H,22,23)/b7-6+,21-17?. The van der Waals surface area contributed by atoms with Crippen molar-refractivity contribution in [1.29, 1.82) is 0 Å². The largest absolute Gasteiger partial charge is 0.387 e. The minimum Gasteiger partial charge on any atom is -0.387 e. The van der Waals surface area contributed by atoms with Crippen LogP contribution in [0.5, 0.6) is 0 Å². The molecule has 4 nitrogen and oxygen atoms in total. The summed E-state index contributed by atoms with van der Waals surface area (Å²) in [6.07, 6.45) is 15.3. The number of halogens is 2. The van der Waals surface area contributed by atoms with E-state index in [0.717, 1.165) is 39.0 Å². The highest BCUT2D eigenvalue weighted by molar-refractivity contribution is 14.1. The summed E-state index contributed by atoms with van der Waals surface area (Å²) in [7, 11) is 0. The average molecular weight is 545 g/mol. The smallest absolute Gasteiger partial charge is 0.0999 e. The summed E-state index contributed by atoms with van der Waals surface area (Å²) in [5.41, 5.74) is 5.18. The highest BCUT2D eigenvalue weighted by Gasteiger charge is 2.25. The van der Waals surface area contributed by atoms with Crippen LogP contribution in [0.4, 0.5) is 0 Å². The third kappa shape index (κ3) is 3.80. The van der Waals surface area contributed by atoms with E-state index in [9.17, 15) is 5.11 Å². The first-order valence-corrected chi connectivity index (χ1v) is 9.93. The Balaban J connectivity index is 1.91. The summed E-state index contributed by atoms with van der Waals surface area (Å²) in [5, 5.41) is 17.0. The Kier molecular flexibility index (Phi) is 5.88. The quantitative estimate of drug-likeness (QED) is 0.323. The predicted molar refractivity (Wildman–Crippen MR) is 116 cm³/mol. The zero-order chi connectivity index (χ0) is 17.1. The second-order valence-corrected chi connectivity index (χ2v) is 8.23. The zero-order valence-corrected chi connectivity index (χ0v) is 17.2. The maximum absolute atomic E-state index is 10.1. The van der Waals surface area contributed by atoms with Gasteiger partial charge in [-0.05, 0) is 64.8 Å². The van der Waals surface area contributed by atoms with E-state index in [1.165, 1.54) is 5.57 Å². The van der Waals surface area contributed by atoms with Gasteiger partial charge in [0.15, 0.2) is 0 Å². The fourth-order valence-electron chi connectivity index (χ4n) is 2.48. The summed E-state index contributed by atoms with van der Waals surface area (Å²) in [4.78, 5) is 4.70. The first-order valence-electron chi connectivity index (χ1n) is 7.61. The number of alkyl halides is 1. The first kappa shape index (κ1) is 17.8. The van der Waals surface area contributed by atoms with Crippen LogP contribution in [0.25, 0.3) is 12.2 Å². The van der Waals surface area contributed by atoms with E-state index in [1.807, 2.05) is 12.2 Å². The van der Waals surface area contributed by atoms with Gasteiger partial charge in [0.05, 0.1) is 27.6 Å². The van der Waals surface area contributed by atoms with E-state index in [2.05, 4.69) is 74.1 Å². The summed E-state index contributed by atoms with van der Waals surface area (Å²) >= 11 is 4.47. The second kappa shape index (κ2) is 7.92. The minimum absolute atomic E-state index is 0.0607. The number of nitrogens with zero attached hydrogens (tertiary/aromatic N) is 2. The van der Waals surface area contributed by atoms with Crippen LogP contribution in [-0.4, -0.2) is 31.0 Å². The van der Waals surface area contributed by atoms with Crippen molar-refractivity contribution in [1.82, 2.24) is 10.2 Å². The molecule has 6 heteroatoms. The number of aromatic amines is 1. The SMILES string of the molecule is C=Cc1[nH]ncc1/C=C/N=C(C1=CC(I)C(O)C(I)=C1)C1=CCC1. The van der Waals surface area contributed by atoms with Crippen molar-refractivity contribution in [3.63, 3.8) is 0 Å². The number of aliphatic hydroxyl groups is 1. The number of rotatable bonds is 5. The molecule has 2 atom stereocenters. The number of hydrogen-bond acceptors (Lipinski definition) is 3. The highest BCUT2D eigenvalue weighted by atomic mass is 127. The molecule has 24 heavy (non-hydrogen) atoms. The van der Waals surface area contributed by atoms with Crippen molar-refractivity contribution in [2.75, 3.05) is 0 Å². The summed E-state index contributed by atoms with van der Waals surface area (Å²) < 4.78 is 1.01. The van der Waals surface area contributed by atoms with Crippen LogP contribution in [0.3, 0.4) is 0 Å². The third-order valence-electron chi connectivity index (χ3n) is 3.96. The molecule has 3 rings (SSSR count). The van der Waals surface area contributed by atoms with Crippen LogP contribution in [0.1, 0.15) is 24.1 Å². The molecule has 0 spiro atoms. The lowest BCUT2D eigenvalue weighted by atomic mass is 9.88. The monoisotopic (exact) mass is 545 g/mol. The van der Waals surface area contributed by atoms with Crippen molar-refractivity contribution in [2.45, 2.75) is 22.9 Å². The number of H-pyrrole nitrogens is 1. The Bertz CT molecular complexity index is 799. The van der Waals surface area contributed by atoms with Gasteiger partial charge in [-0.3, -0.25) is 10.1 Å². The average Bonchev–Trinajstić information content (AvgIpc) is 2.97. The van der Waals surface area contributed by atoms with Crippen LogP contribution in [0, 0.1) is 0 Å². The number of nitrogens with one attached hydrogen (secondary N) is 1. The van der Waals surface area contributed by atoms with Gasteiger partial charge in [0, 0.05) is 15.3 Å². The van der Waals surface area contributed by atoms with Gasteiger partial charge in [-0.15, -0.1) is 0 Å². The Morgan fingerprint density at radius 2 is 2.29 bits per heavy atom. The van der Waals surface area contributed by atoms with Gasteiger partial charge >= 0.3 is 0 Å². The zero-order valence-electron chi connectivity index (χ0n) is 12.9. The molecule has 0 aromatic carbocycles. The molecule has 2 N–H and O–H groups in total. The molecule has 1 aromatic rings. The van der Waals surface area contributed by atoms with E-state index in [1.54, 1.807) is 18.5 Å². The van der Waals surface area contributed by atoms with Gasteiger partial charge in [0.25, 0.3) is 0 Å². The van der Waals surface area contributed by atoms with E-state index in [4.69, 9.17) is 4.99 Å².